The van der Waals surface area contributed by atoms with Gasteiger partial charge in [0.05, 0.1) is 30.6 Å². The van der Waals surface area contributed by atoms with Gasteiger partial charge >= 0.3 is 5.97 Å². The van der Waals surface area contributed by atoms with E-state index in [1.54, 1.807) is 24.0 Å². The molecule has 1 aromatic carbocycles. The van der Waals surface area contributed by atoms with Crippen molar-refractivity contribution in [3.8, 4) is 0 Å². The molecule has 10 nitrogen and oxygen atoms in total. The Bertz CT molecular complexity index is 1260. The number of carbonyl (C=O) groups is 4. The number of ether oxygens (including phenoxy) is 2. The second kappa shape index (κ2) is 15.0. The second-order valence-electron chi connectivity index (χ2n) is 12.3. The number of β-amino-alcohol motifs (C(OH)–C–C–N with tert-alkyl or cyclic N) is 1. The van der Waals surface area contributed by atoms with Crippen LogP contribution in [-0.2, 0) is 28.7 Å². The van der Waals surface area contributed by atoms with Crippen molar-refractivity contribution >= 4 is 39.6 Å². The summed E-state index contributed by atoms with van der Waals surface area (Å²) < 4.78 is 12.8. The van der Waals surface area contributed by atoms with E-state index in [0.717, 1.165) is 12.8 Å². The van der Waals surface area contributed by atoms with Crippen LogP contribution < -0.4 is 5.32 Å². The molecule has 9 atom stereocenters. The van der Waals surface area contributed by atoms with Crippen LogP contribution in [0.4, 0.5) is 0 Å². The Labute approximate surface area is 274 Å². The van der Waals surface area contributed by atoms with Gasteiger partial charge in [0.1, 0.15) is 17.7 Å². The van der Waals surface area contributed by atoms with Crippen LogP contribution in [0.25, 0.3) is 0 Å². The molecule has 4 rings (SSSR count). The van der Waals surface area contributed by atoms with Crippen molar-refractivity contribution in [2.75, 3.05) is 19.7 Å². The molecule has 0 radical (unpaired) electrons. The molecule has 3 saturated heterocycles. The summed E-state index contributed by atoms with van der Waals surface area (Å²) >= 11 is 3.69. The van der Waals surface area contributed by atoms with E-state index in [2.05, 4.69) is 34.4 Å². The minimum Gasteiger partial charge on any atom is -0.455 e. The Balaban J connectivity index is 1.68. The van der Waals surface area contributed by atoms with Crippen LogP contribution in [0.3, 0.4) is 0 Å². The molecule has 2 bridgehead atoms. The first-order valence-electron chi connectivity index (χ1n) is 15.9. The van der Waals surface area contributed by atoms with E-state index < -0.39 is 53.6 Å². The summed E-state index contributed by atoms with van der Waals surface area (Å²) in [4.78, 5) is 58.1. The number of nitrogens with zero attached hydrogens (tertiary/aromatic N) is 2. The summed E-state index contributed by atoms with van der Waals surface area (Å²) in [6, 6.07) is 7.43. The number of rotatable bonds is 16. The van der Waals surface area contributed by atoms with Gasteiger partial charge in [0.15, 0.2) is 0 Å². The third-order valence-electron chi connectivity index (χ3n) is 9.27. The molecule has 45 heavy (non-hydrogen) atoms. The molecule has 246 valence electrons. The van der Waals surface area contributed by atoms with Crippen LogP contribution in [0.5, 0.6) is 0 Å². The standard InChI is InChI=1S/C34H46BrN3O7/c1-6-9-16-25(40)36-22(5)28(23-14-11-10-12-15-23)44-33(43)26-27-31(41)38(18-19-39)30(34(27)20-24(35)29(26)45-34)32(42)37(17-8-3)21(4)13-7-2/h6,8,10-12,14-15,21-22,24,26-30,39H,1,3,7,9,13,16-20H2,2,4-5H3,(H,36,40)/t21?,22-,24?,26-,27+,28-,29-,30-,34+/m1/s1. The quantitative estimate of drug-likeness (QED) is 0.154. The van der Waals surface area contributed by atoms with Crippen molar-refractivity contribution in [3.63, 3.8) is 0 Å². The highest BCUT2D eigenvalue weighted by Crippen LogP contribution is 2.60. The van der Waals surface area contributed by atoms with Gasteiger partial charge in [-0.1, -0.05) is 71.8 Å². The Morgan fingerprint density at radius 2 is 1.96 bits per heavy atom. The number of aliphatic hydroxyl groups is 1. The third kappa shape index (κ3) is 6.76. The van der Waals surface area contributed by atoms with Gasteiger partial charge in [0, 0.05) is 30.4 Å². The number of hydrogen-bond donors (Lipinski definition) is 2. The molecule has 3 aliphatic rings. The van der Waals surface area contributed by atoms with Gasteiger partial charge in [-0.15, -0.1) is 13.2 Å². The molecule has 2 N–H and O–H groups in total. The van der Waals surface area contributed by atoms with E-state index in [1.165, 1.54) is 4.90 Å². The van der Waals surface area contributed by atoms with Crippen LogP contribution in [-0.4, -0.2) is 93.0 Å². The fourth-order valence-electron chi connectivity index (χ4n) is 7.32. The Morgan fingerprint density at radius 3 is 2.58 bits per heavy atom. The van der Waals surface area contributed by atoms with Crippen molar-refractivity contribution in [3.05, 3.63) is 61.2 Å². The highest BCUT2D eigenvalue weighted by Gasteiger charge is 2.77. The number of aliphatic hydroxyl groups excluding tert-OH is 1. The van der Waals surface area contributed by atoms with Crippen LogP contribution in [0.2, 0.25) is 0 Å². The number of halogens is 1. The van der Waals surface area contributed by atoms with Crippen molar-refractivity contribution in [1.82, 2.24) is 15.1 Å². The molecule has 1 aromatic rings. The monoisotopic (exact) mass is 687 g/mol. The van der Waals surface area contributed by atoms with E-state index in [4.69, 9.17) is 9.47 Å². The lowest BCUT2D eigenvalue weighted by Crippen LogP contribution is -2.58. The lowest BCUT2D eigenvalue weighted by Gasteiger charge is -2.39. The van der Waals surface area contributed by atoms with Crippen LogP contribution in [0, 0.1) is 11.8 Å². The van der Waals surface area contributed by atoms with E-state index in [9.17, 15) is 24.3 Å². The first kappa shape index (κ1) is 34.8. The largest absolute Gasteiger partial charge is 0.455 e. The van der Waals surface area contributed by atoms with E-state index in [-0.39, 0.29) is 42.3 Å². The third-order valence-corrected chi connectivity index (χ3v) is 10.1. The predicted molar refractivity (Wildman–Crippen MR) is 173 cm³/mol. The van der Waals surface area contributed by atoms with Crippen molar-refractivity contribution in [2.45, 2.75) is 93.6 Å². The van der Waals surface area contributed by atoms with Gasteiger partial charge in [-0.2, -0.15) is 0 Å². The summed E-state index contributed by atoms with van der Waals surface area (Å²) in [5.74, 6) is -3.49. The minimum atomic E-state index is -1.27. The number of allylic oxidation sites excluding steroid dienone is 1. The summed E-state index contributed by atoms with van der Waals surface area (Å²) in [5, 5.41) is 12.9. The van der Waals surface area contributed by atoms with Gasteiger partial charge in [-0.05, 0) is 38.7 Å². The van der Waals surface area contributed by atoms with E-state index >= 15 is 0 Å². The molecular formula is C34H46BrN3O7. The number of fused-ring (bicyclic) bond motifs is 1. The normalized spacial score (nSPS) is 28.6. The lowest BCUT2D eigenvalue weighted by molar-refractivity contribution is -0.162. The molecule has 11 heteroatoms. The predicted octanol–water partition coefficient (Wildman–Crippen LogP) is 3.69. The number of hydrogen-bond acceptors (Lipinski definition) is 7. The summed E-state index contributed by atoms with van der Waals surface area (Å²) in [6.45, 7) is 13.2. The van der Waals surface area contributed by atoms with Gasteiger partial charge in [-0.25, -0.2) is 0 Å². The SMILES string of the molecule is C=CCCC(=O)N[C@H](C)[C@@H](OC(=O)[C@H]1[C@@H]2O[C@@]3(CC2Br)[C@@H]1C(=O)N(CCO)[C@@H]3C(=O)N(CC=C)C(C)CCC)c1ccccc1. The summed E-state index contributed by atoms with van der Waals surface area (Å²) in [5.41, 5.74) is -0.585. The molecule has 0 aliphatic carbocycles. The first-order valence-corrected chi connectivity index (χ1v) is 16.8. The Kier molecular flexibility index (Phi) is 11.7. The average Bonchev–Trinajstić information content (AvgIpc) is 3.61. The van der Waals surface area contributed by atoms with Gasteiger partial charge in [-0.3, -0.25) is 19.2 Å². The molecule has 0 aromatic heterocycles. The van der Waals surface area contributed by atoms with E-state index in [1.807, 2.05) is 44.2 Å². The number of nitrogens with one attached hydrogen (secondary N) is 1. The topological polar surface area (TPSA) is 125 Å². The fraction of sp³-hybridized carbons (Fsp3) is 0.588. The molecule has 1 spiro atoms. The summed E-state index contributed by atoms with van der Waals surface area (Å²) in [6.07, 6.45) is 4.53. The van der Waals surface area contributed by atoms with Crippen LogP contribution >= 0.6 is 15.9 Å². The maximum absolute atomic E-state index is 14.4. The maximum atomic E-state index is 14.4. The zero-order chi connectivity index (χ0) is 32.9. The van der Waals surface area contributed by atoms with Gasteiger partial charge in [0.25, 0.3) is 0 Å². The molecule has 2 unspecified atom stereocenters. The first-order chi connectivity index (χ1) is 21.6. The number of esters is 1. The lowest BCUT2D eigenvalue weighted by atomic mass is 9.70. The van der Waals surface area contributed by atoms with Crippen molar-refractivity contribution in [2.24, 2.45) is 11.8 Å². The molecule has 3 aliphatic heterocycles. The molecule has 3 heterocycles. The average molecular weight is 689 g/mol. The highest BCUT2D eigenvalue weighted by molar-refractivity contribution is 9.09. The van der Waals surface area contributed by atoms with Crippen molar-refractivity contribution in [1.29, 1.82) is 0 Å². The molecule has 3 fully saturated rings. The smallest absolute Gasteiger partial charge is 0.313 e. The van der Waals surface area contributed by atoms with Crippen LogP contribution in [0.1, 0.15) is 64.5 Å². The fourth-order valence-corrected chi connectivity index (χ4v) is 8.27. The number of alkyl halides is 1. The highest BCUT2D eigenvalue weighted by atomic mass is 79.9. The van der Waals surface area contributed by atoms with Gasteiger partial charge in [0.2, 0.25) is 17.7 Å². The molecular weight excluding hydrogens is 642 g/mol. The Hall–Kier alpha value is -3.02. The number of amides is 3. The van der Waals surface area contributed by atoms with E-state index in [0.29, 0.717) is 24.9 Å². The zero-order valence-corrected chi connectivity index (χ0v) is 28.0. The number of carbonyl (C=O) groups excluding carboxylic acids is 4. The zero-order valence-electron chi connectivity index (χ0n) is 26.4. The second-order valence-corrected chi connectivity index (χ2v) is 13.5. The molecule has 0 saturated carbocycles. The molecule has 3 amide bonds. The van der Waals surface area contributed by atoms with Crippen molar-refractivity contribution < 1.29 is 33.8 Å². The number of benzene rings is 1. The Morgan fingerprint density at radius 1 is 1.24 bits per heavy atom. The maximum Gasteiger partial charge on any atom is 0.313 e. The summed E-state index contributed by atoms with van der Waals surface area (Å²) in [7, 11) is 0. The van der Waals surface area contributed by atoms with Crippen LogP contribution in [0.15, 0.2) is 55.6 Å². The minimum absolute atomic E-state index is 0.0687. The number of likely N-dealkylation sites (tertiary alicyclic amines) is 1. The van der Waals surface area contributed by atoms with Gasteiger partial charge < -0.3 is 29.7 Å².